The first kappa shape index (κ1) is 18.3. The number of hydrogen-bond donors (Lipinski definition) is 2. The summed E-state index contributed by atoms with van der Waals surface area (Å²) in [4.78, 5) is 23.5. The molecule has 0 saturated carbocycles. The molecule has 3 N–H and O–H groups in total. The molecule has 132 valence electrons. The number of anilines is 1. The third-order valence-corrected chi connectivity index (χ3v) is 3.32. The maximum absolute atomic E-state index is 13.0. The van der Waals surface area contributed by atoms with E-state index in [4.69, 9.17) is 10.5 Å². The van der Waals surface area contributed by atoms with Crippen molar-refractivity contribution in [3.63, 3.8) is 0 Å². The number of hydrogen-bond acceptors (Lipinski definition) is 3. The van der Waals surface area contributed by atoms with Gasteiger partial charge in [-0.15, -0.1) is 0 Å². The molecule has 0 aliphatic heterocycles. The molecule has 2 amide bonds. The average Bonchev–Trinajstić information content (AvgIpc) is 2.54. The minimum Gasteiger partial charge on any atom is -0.480 e. The third-order valence-electron chi connectivity index (χ3n) is 3.32. The van der Waals surface area contributed by atoms with E-state index in [1.807, 2.05) is 0 Å². The Kier molecular flexibility index (Phi) is 5.31. The second kappa shape index (κ2) is 7.25. The van der Waals surface area contributed by atoms with Crippen molar-refractivity contribution in [3.05, 3.63) is 59.7 Å². The zero-order chi connectivity index (χ0) is 18.6. The van der Waals surface area contributed by atoms with Crippen LogP contribution in [0.3, 0.4) is 0 Å². The molecule has 8 heteroatoms. The highest BCUT2D eigenvalue weighted by atomic mass is 19.4. The number of nitrogens with one attached hydrogen (secondary N) is 1. The van der Waals surface area contributed by atoms with Crippen LogP contribution in [0.2, 0.25) is 0 Å². The summed E-state index contributed by atoms with van der Waals surface area (Å²) in [5.74, 6) is -1.47. The van der Waals surface area contributed by atoms with E-state index in [1.54, 1.807) is 12.1 Å². The minimum atomic E-state index is -4.60. The molecule has 0 fully saturated rings. The molecule has 0 spiro atoms. The number of primary amides is 1. The molecule has 0 aliphatic carbocycles. The van der Waals surface area contributed by atoms with E-state index >= 15 is 0 Å². The Labute approximate surface area is 141 Å². The van der Waals surface area contributed by atoms with Crippen LogP contribution in [0, 0.1) is 0 Å². The van der Waals surface area contributed by atoms with E-state index in [0.717, 1.165) is 12.1 Å². The number of benzene rings is 2. The lowest BCUT2D eigenvalue weighted by Gasteiger charge is -2.18. The molecule has 5 nitrogen and oxygen atoms in total. The monoisotopic (exact) mass is 352 g/mol. The normalized spacial score (nSPS) is 12.3. The first-order valence-corrected chi connectivity index (χ1v) is 7.22. The highest BCUT2D eigenvalue weighted by molar-refractivity contribution is 5.97. The number of amides is 2. The fourth-order valence-electron chi connectivity index (χ4n) is 2.09. The Hall–Kier alpha value is -3.03. The number of para-hydroxylation sites is 2. The van der Waals surface area contributed by atoms with Gasteiger partial charge in [0.2, 0.25) is 0 Å². The summed E-state index contributed by atoms with van der Waals surface area (Å²) in [7, 11) is 0. The van der Waals surface area contributed by atoms with Crippen LogP contribution >= 0.6 is 0 Å². The van der Waals surface area contributed by atoms with Crippen molar-refractivity contribution < 1.29 is 27.5 Å². The highest BCUT2D eigenvalue weighted by Gasteiger charge is 2.34. The van der Waals surface area contributed by atoms with Gasteiger partial charge in [-0.25, -0.2) is 0 Å². The van der Waals surface area contributed by atoms with Gasteiger partial charge in [0, 0.05) is 0 Å². The number of carbonyl (C=O) groups is 2. The van der Waals surface area contributed by atoms with Gasteiger partial charge in [0.05, 0.1) is 16.8 Å². The molecule has 2 aromatic carbocycles. The number of ether oxygens (including phenoxy) is 1. The Bertz CT molecular complexity index is 791. The van der Waals surface area contributed by atoms with E-state index in [0.29, 0.717) is 0 Å². The van der Waals surface area contributed by atoms with Crippen molar-refractivity contribution in [2.75, 3.05) is 5.32 Å². The lowest BCUT2D eigenvalue weighted by atomic mass is 10.1. The molecule has 0 radical (unpaired) electrons. The summed E-state index contributed by atoms with van der Waals surface area (Å²) in [6.45, 7) is 1.35. The predicted molar refractivity (Wildman–Crippen MR) is 85.1 cm³/mol. The first-order chi connectivity index (χ1) is 11.7. The van der Waals surface area contributed by atoms with Crippen LogP contribution in [0.15, 0.2) is 48.5 Å². The number of halogens is 3. The maximum atomic E-state index is 13.0. The predicted octanol–water partition coefficient (Wildman–Crippen LogP) is 3.21. The lowest BCUT2D eigenvalue weighted by Crippen LogP contribution is -2.31. The zero-order valence-electron chi connectivity index (χ0n) is 13.1. The molecular weight excluding hydrogens is 337 g/mol. The van der Waals surface area contributed by atoms with E-state index in [9.17, 15) is 22.8 Å². The smallest absolute Gasteiger partial charge is 0.418 e. The van der Waals surface area contributed by atoms with Gasteiger partial charge in [0.1, 0.15) is 5.75 Å². The van der Waals surface area contributed by atoms with Crippen LogP contribution in [-0.2, 0) is 11.0 Å². The minimum absolute atomic E-state index is 0.0674. The van der Waals surface area contributed by atoms with Crippen molar-refractivity contribution in [2.45, 2.75) is 19.2 Å². The topological polar surface area (TPSA) is 81.4 Å². The van der Waals surface area contributed by atoms with Gasteiger partial charge in [0.25, 0.3) is 11.8 Å². The van der Waals surface area contributed by atoms with Gasteiger partial charge in [-0.1, -0.05) is 24.3 Å². The number of alkyl halides is 3. The molecule has 2 aromatic rings. The van der Waals surface area contributed by atoms with Crippen molar-refractivity contribution in [2.24, 2.45) is 5.73 Å². The zero-order valence-corrected chi connectivity index (χ0v) is 13.1. The second-order valence-corrected chi connectivity index (χ2v) is 5.15. The Morgan fingerprint density at radius 1 is 1.08 bits per heavy atom. The summed E-state index contributed by atoms with van der Waals surface area (Å²) >= 11 is 0. The van der Waals surface area contributed by atoms with Gasteiger partial charge in [-0.2, -0.15) is 13.2 Å². The third kappa shape index (κ3) is 4.50. The molecule has 0 saturated heterocycles. The van der Waals surface area contributed by atoms with Gasteiger partial charge in [0.15, 0.2) is 6.10 Å². The molecule has 1 atom stereocenters. The highest BCUT2D eigenvalue weighted by Crippen LogP contribution is 2.34. The Morgan fingerprint density at radius 3 is 2.32 bits per heavy atom. The molecule has 0 aliphatic rings. The quantitative estimate of drug-likeness (QED) is 0.867. The number of carbonyl (C=O) groups excluding carboxylic acids is 2. The van der Waals surface area contributed by atoms with Crippen LogP contribution in [0.1, 0.15) is 22.8 Å². The second-order valence-electron chi connectivity index (χ2n) is 5.15. The van der Waals surface area contributed by atoms with Crippen LogP contribution in [-0.4, -0.2) is 17.9 Å². The van der Waals surface area contributed by atoms with Crippen molar-refractivity contribution >= 4 is 17.5 Å². The summed E-state index contributed by atoms with van der Waals surface area (Å²) in [5, 5.41) is 2.19. The van der Waals surface area contributed by atoms with Gasteiger partial charge < -0.3 is 15.8 Å². The molecule has 0 heterocycles. The van der Waals surface area contributed by atoms with E-state index in [-0.39, 0.29) is 17.0 Å². The van der Waals surface area contributed by atoms with E-state index in [2.05, 4.69) is 5.32 Å². The Morgan fingerprint density at radius 2 is 1.68 bits per heavy atom. The summed E-state index contributed by atoms with van der Waals surface area (Å²) < 4.78 is 44.2. The fraction of sp³-hybridized carbons (Fsp3) is 0.176. The first-order valence-electron chi connectivity index (χ1n) is 7.22. The lowest BCUT2D eigenvalue weighted by molar-refractivity contribution is -0.137. The molecule has 0 bridgehead atoms. The van der Waals surface area contributed by atoms with Gasteiger partial charge in [-0.05, 0) is 31.2 Å². The van der Waals surface area contributed by atoms with Crippen LogP contribution in [0.5, 0.6) is 5.75 Å². The average molecular weight is 352 g/mol. The van der Waals surface area contributed by atoms with Crippen LogP contribution < -0.4 is 15.8 Å². The van der Waals surface area contributed by atoms with Gasteiger partial charge >= 0.3 is 6.18 Å². The van der Waals surface area contributed by atoms with Crippen LogP contribution in [0.4, 0.5) is 18.9 Å². The van der Waals surface area contributed by atoms with Crippen molar-refractivity contribution in [1.82, 2.24) is 0 Å². The van der Waals surface area contributed by atoms with Crippen LogP contribution in [0.25, 0.3) is 0 Å². The molecule has 2 rings (SSSR count). The SMILES string of the molecule is C[C@@H](Oc1ccccc1C(N)=O)C(=O)Nc1ccccc1C(F)(F)F. The molecular formula is C17H15F3N2O3. The molecule has 0 unspecified atom stereocenters. The molecule has 0 aromatic heterocycles. The maximum Gasteiger partial charge on any atom is 0.418 e. The van der Waals surface area contributed by atoms with E-state index < -0.39 is 29.7 Å². The standard InChI is InChI=1S/C17H15F3N2O3/c1-10(25-14-9-5-2-6-11(14)15(21)23)16(24)22-13-8-4-3-7-12(13)17(18,19)20/h2-10H,1H3,(H2,21,23)(H,22,24)/t10-/m1/s1. The molecule has 25 heavy (non-hydrogen) atoms. The summed E-state index contributed by atoms with van der Waals surface area (Å²) in [5.41, 5.74) is 3.94. The number of nitrogens with two attached hydrogens (primary N) is 1. The summed E-state index contributed by atoms with van der Waals surface area (Å²) in [6, 6.07) is 10.6. The summed E-state index contributed by atoms with van der Waals surface area (Å²) in [6.07, 6.45) is -5.76. The largest absolute Gasteiger partial charge is 0.480 e. The van der Waals surface area contributed by atoms with Crippen molar-refractivity contribution in [3.8, 4) is 5.75 Å². The fourth-order valence-corrected chi connectivity index (χ4v) is 2.09. The van der Waals surface area contributed by atoms with Crippen molar-refractivity contribution in [1.29, 1.82) is 0 Å². The van der Waals surface area contributed by atoms with Gasteiger partial charge in [-0.3, -0.25) is 9.59 Å². The van der Waals surface area contributed by atoms with E-state index in [1.165, 1.54) is 31.2 Å². The Balaban J connectivity index is 2.16. The number of rotatable bonds is 5.